The molecule has 0 bridgehead atoms. The highest BCUT2D eigenvalue weighted by Crippen LogP contribution is 2.23. The number of carbonyl (C=O) groups excluding carboxylic acids is 1. The van der Waals surface area contributed by atoms with Gasteiger partial charge in [0.05, 0.1) is 22.7 Å². The molecular weight excluding hydrogens is 301 g/mol. The number of anilines is 1. The van der Waals surface area contributed by atoms with Gasteiger partial charge in [0.1, 0.15) is 0 Å². The third-order valence-electron chi connectivity index (χ3n) is 2.16. The summed E-state index contributed by atoms with van der Waals surface area (Å²) in [7, 11) is 0. The lowest BCUT2D eigenvalue weighted by molar-refractivity contribution is -0.132. The molecule has 0 aliphatic carbocycles. The Morgan fingerprint density at radius 3 is 2.50 bits per heavy atom. The number of hydrogen-bond acceptors (Lipinski definition) is 2. The van der Waals surface area contributed by atoms with Crippen LogP contribution in [0.5, 0.6) is 0 Å². The highest BCUT2D eigenvalue weighted by Gasteiger charge is 2.26. The zero-order valence-corrected chi connectivity index (χ0v) is 10.7. The van der Waals surface area contributed by atoms with Crippen LogP contribution in [-0.2, 0) is 0 Å². The molecule has 3 N–H and O–H groups in total. The van der Waals surface area contributed by atoms with Crippen LogP contribution in [0.1, 0.15) is 16.8 Å². The average Bonchev–Trinajstić information content (AvgIpc) is 2.30. The Balaban J connectivity index is 2.62. The number of alkyl halides is 3. The number of carboxylic acid groups (broad SMARTS) is 1. The predicted molar refractivity (Wildman–Crippen MR) is 66.1 cm³/mol. The number of urea groups is 1. The van der Waals surface area contributed by atoms with Crippen LogP contribution in [0.3, 0.4) is 0 Å². The first kappa shape index (κ1) is 16.1. The maximum absolute atomic E-state index is 11.9. The van der Waals surface area contributed by atoms with Gasteiger partial charge in [-0.25, -0.2) is 9.59 Å². The second kappa shape index (κ2) is 6.47. The Kier molecular flexibility index (Phi) is 5.20. The summed E-state index contributed by atoms with van der Waals surface area (Å²) in [5.41, 5.74) is -0.115. The third kappa shape index (κ3) is 5.35. The lowest BCUT2D eigenvalue weighted by atomic mass is 10.2. The summed E-state index contributed by atoms with van der Waals surface area (Å²) in [6, 6.07) is 2.69. The van der Waals surface area contributed by atoms with Gasteiger partial charge in [0.2, 0.25) is 0 Å². The van der Waals surface area contributed by atoms with E-state index in [2.05, 4.69) is 5.32 Å². The molecule has 0 aliphatic heterocycles. The number of nitrogens with one attached hydrogen (secondary N) is 2. The second-order valence-corrected chi connectivity index (χ2v) is 4.15. The molecule has 0 heterocycles. The van der Waals surface area contributed by atoms with E-state index >= 15 is 0 Å². The summed E-state index contributed by atoms with van der Waals surface area (Å²) in [5.74, 6) is -1.22. The first-order chi connectivity index (χ1) is 9.19. The van der Waals surface area contributed by atoms with Gasteiger partial charge >= 0.3 is 18.2 Å². The SMILES string of the molecule is O=C(NCCC(F)(F)F)Nc1cc(C(=O)O)ccc1Cl. The number of carboxylic acids is 1. The molecule has 0 spiro atoms. The van der Waals surface area contributed by atoms with Crippen LogP contribution < -0.4 is 10.6 Å². The molecule has 9 heteroatoms. The molecule has 0 aliphatic rings. The fourth-order valence-electron chi connectivity index (χ4n) is 1.24. The zero-order chi connectivity index (χ0) is 15.3. The van der Waals surface area contributed by atoms with Gasteiger partial charge in [-0.3, -0.25) is 0 Å². The van der Waals surface area contributed by atoms with Crippen molar-refractivity contribution < 1.29 is 27.9 Å². The largest absolute Gasteiger partial charge is 0.478 e. The van der Waals surface area contributed by atoms with Crippen molar-refractivity contribution in [1.29, 1.82) is 0 Å². The molecule has 0 radical (unpaired) electrons. The number of halogens is 4. The van der Waals surface area contributed by atoms with Crippen molar-refractivity contribution >= 4 is 29.3 Å². The van der Waals surface area contributed by atoms with Crippen molar-refractivity contribution in [3.05, 3.63) is 28.8 Å². The van der Waals surface area contributed by atoms with Crippen molar-refractivity contribution in [3.63, 3.8) is 0 Å². The number of carbonyl (C=O) groups is 2. The highest BCUT2D eigenvalue weighted by atomic mass is 35.5. The molecule has 110 valence electrons. The van der Waals surface area contributed by atoms with Gasteiger partial charge in [-0.15, -0.1) is 0 Å². The maximum Gasteiger partial charge on any atom is 0.390 e. The van der Waals surface area contributed by atoms with Crippen LogP contribution in [0.25, 0.3) is 0 Å². The Morgan fingerprint density at radius 2 is 1.95 bits per heavy atom. The Morgan fingerprint density at radius 1 is 1.30 bits per heavy atom. The summed E-state index contributed by atoms with van der Waals surface area (Å²) in [4.78, 5) is 22.1. The smallest absolute Gasteiger partial charge is 0.390 e. The molecule has 0 fully saturated rings. The summed E-state index contributed by atoms with van der Waals surface area (Å²) in [6.07, 6.45) is -5.53. The first-order valence-electron chi connectivity index (χ1n) is 5.33. The van der Waals surface area contributed by atoms with Crippen LogP contribution in [0.4, 0.5) is 23.7 Å². The molecule has 1 aromatic carbocycles. The fourth-order valence-corrected chi connectivity index (χ4v) is 1.40. The molecule has 1 aromatic rings. The topological polar surface area (TPSA) is 78.4 Å². The number of amides is 2. The summed E-state index contributed by atoms with van der Waals surface area (Å²) in [6.45, 7) is -0.592. The van der Waals surface area contributed by atoms with Crippen LogP contribution in [0.2, 0.25) is 5.02 Å². The minimum Gasteiger partial charge on any atom is -0.478 e. The van der Waals surface area contributed by atoms with Crippen molar-refractivity contribution in [1.82, 2.24) is 5.32 Å². The summed E-state index contributed by atoms with van der Waals surface area (Å²) >= 11 is 5.74. The van der Waals surface area contributed by atoms with E-state index < -0.39 is 31.1 Å². The molecule has 1 rings (SSSR count). The van der Waals surface area contributed by atoms with Crippen LogP contribution in [-0.4, -0.2) is 29.8 Å². The summed E-state index contributed by atoms with van der Waals surface area (Å²) < 4.78 is 35.6. The molecule has 0 aromatic heterocycles. The lowest BCUT2D eigenvalue weighted by Crippen LogP contribution is -2.32. The van der Waals surface area contributed by atoms with Gasteiger partial charge in [-0.05, 0) is 18.2 Å². The molecule has 2 amide bonds. The number of aromatic carboxylic acids is 1. The standard InChI is InChI=1S/C11H10ClF3N2O3/c12-7-2-1-6(9(18)19)5-8(7)17-10(20)16-4-3-11(13,14)15/h1-2,5H,3-4H2,(H,18,19)(H2,16,17,20). The van der Waals surface area contributed by atoms with E-state index in [1.165, 1.54) is 12.1 Å². The number of benzene rings is 1. The second-order valence-electron chi connectivity index (χ2n) is 3.75. The summed E-state index contributed by atoms with van der Waals surface area (Å²) in [5, 5.41) is 13.0. The van der Waals surface area contributed by atoms with E-state index in [1.807, 2.05) is 5.32 Å². The van der Waals surface area contributed by atoms with Crippen LogP contribution in [0.15, 0.2) is 18.2 Å². The number of hydrogen-bond donors (Lipinski definition) is 3. The fraction of sp³-hybridized carbons (Fsp3) is 0.273. The van der Waals surface area contributed by atoms with E-state index in [9.17, 15) is 22.8 Å². The highest BCUT2D eigenvalue weighted by molar-refractivity contribution is 6.33. The van der Waals surface area contributed by atoms with Gasteiger partial charge in [0, 0.05) is 6.54 Å². The Bertz CT molecular complexity index is 520. The molecule has 0 atom stereocenters. The average molecular weight is 311 g/mol. The van der Waals surface area contributed by atoms with Crippen molar-refractivity contribution in [2.75, 3.05) is 11.9 Å². The quantitative estimate of drug-likeness (QED) is 0.799. The Hall–Kier alpha value is -1.96. The van der Waals surface area contributed by atoms with Gasteiger partial charge < -0.3 is 15.7 Å². The van der Waals surface area contributed by atoms with Crippen LogP contribution >= 0.6 is 11.6 Å². The van der Waals surface area contributed by atoms with E-state index in [1.54, 1.807) is 0 Å². The first-order valence-corrected chi connectivity index (χ1v) is 5.71. The van der Waals surface area contributed by atoms with Gasteiger partial charge in [-0.1, -0.05) is 11.6 Å². The van der Waals surface area contributed by atoms with E-state index in [-0.39, 0.29) is 16.3 Å². The van der Waals surface area contributed by atoms with E-state index in [0.717, 1.165) is 6.07 Å². The Labute approximate surface area is 116 Å². The van der Waals surface area contributed by atoms with E-state index in [0.29, 0.717) is 0 Å². The van der Waals surface area contributed by atoms with Gasteiger partial charge in [0.15, 0.2) is 0 Å². The van der Waals surface area contributed by atoms with Crippen molar-refractivity contribution in [2.45, 2.75) is 12.6 Å². The maximum atomic E-state index is 11.9. The monoisotopic (exact) mass is 310 g/mol. The van der Waals surface area contributed by atoms with Crippen molar-refractivity contribution in [2.24, 2.45) is 0 Å². The molecule has 0 unspecified atom stereocenters. The third-order valence-corrected chi connectivity index (χ3v) is 2.49. The normalized spacial score (nSPS) is 11.0. The minimum atomic E-state index is -4.37. The van der Waals surface area contributed by atoms with Crippen LogP contribution in [0, 0.1) is 0 Å². The predicted octanol–water partition coefficient (Wildman–Crippen LogP) is 3.11. The molecule has 20 heavy (non-hydrogen) atoms. The lowest BCUT2D eigenvalue weighted by Gasteiger charge is -2.10. The van der Waals surface area contributed by atoms with Crippen molar-refractivity contribution in [3.8, 4) is 0 Å². The number of rotatable bonds is 4. The van der Waals surface area contributed by atoms with Gasteiger partial charge in [-0.2, -0.15) is 13.2 Å². The van der Waals surface area contributed by atoms with Gasteiger partial charge in [0.25, 0.3) is 0 Å². The minimum absolute atomic E-state index is 0.00363. The van der Waals surface area contributed by atoms with E-state index in [4.69, 9.17) is 16.7 Å². The molecule has 0 saturated heterocycles. The molecule has 5 nitrogen and oxygen atoms in total. The molecule has 0 saturated carbocycles. The molecular formula is C11H10ClF3N2O3. The zero-order valence-electron chi connectivity index (χ0n) is 9.92.